The molecule has 0 unspecified atom stereocenters. The minimum absolute atomic E-state index is 0.575. The van der Waals surface area contributed by atoms with E-state index in [1.165, 1.54) is 11.8 Å². The van der Waals surface area contributed by atoms with Gasteiger partial charge in [-0.05, 0) is 43.0 Å². The second-order valence-corrected chi connectivity index (χ2v) is 6.81. The van der Waals surface area contributed by atoms with Gasteiger partial charge in [0.1, 0.15) is 4.75 Å². The van der Waals surface area contributed by atoms with Crippen LogP contribution >= 0.6 is 23.4 Å². The Kier molecular flexibility index (Phi) is 4.23. The van der Waals surface area contributed by atoms with Gasteiger partial charge in [-0.25, -0.2) is 0 Å². The first-order valence-corrected chi connectivity index (χ1v) is 7.43. The third kappa shape index (κ3) is 2.83. The first-order valence-electron chi connectivity index (χ1n) is 6.24. The van der Waals surface area contributed by atoms with E-state index in [9.17, 15) is 9.90 Å². The van der Waals surface area contributed by atoms with Crippen molar-refractivity contribution in [1.82, 2.24) is 0 Å². The normalized spacial score (nSPS) is 26.7. The lowest BCUT2D eigenvalue weighted by molar-refractivity contribution is -0.143. The Labute approximate surface area is 117 Å². The Balaban J connectivity index is 2.05. The van der Waals surface area contributed by atoms with Gasteiger partial charge in [0.15, 0.2) is 0 Å². The van der Waals surface area contributed by atoms with Crippen molar-refractivity contribution in [1.29, 1.82) is 0 Å². The van der Waals surface area contributed by atoms with Crippen LogP contribution in [0, 0.1) is 5.92 Å². The molecule has 0 spiro atoms. The third-order valence-electron chi connectivity index (χ3n) is 3.45. The van der Waals surface area contributed by atoms with Crippen LogP contribution in [0.1, 0.15) is 32.6 Å². The standard InChI is InChI=1S/C14H17ClO2S/c1-2-3-10-8-14(9-10,13(16)17)18-12-6-4-11(15)5-7-12/h4-7,10H,2-3,8-9H2,1H3,(H,16,17). The number of carboxylic acids is 1. The summed E-state index contributed by atoms with van der Waals surface area (Å²) in [5.41, 5.74) is 0. The summed E-state index contributed by atoms with van der Waals surface area (Å²) in [7, 11) is 0. The van der Waals surface area contributed by atoms with Gasteiger partial charge in [-0.3, -0.25) is 4.79 Å². The van der Waals surface area contributed by atoms with E-state index >= 15 is 0 Å². The van der Waals surface area contributed by atoms with Crippen molar-refractivity contribution in [2.24, 2.45) is 5.92 Å². The summed E-state index contributed by atoms with van der Waals surface area (Å²) in [6, 6.07) is 7.40. The SMILES string of the molecule is CCCC1CC(Sc2ccc(Cl)cc2)(C(=O)O)C1. The summed E-state index contributed by atoms with van der Waals surface area (Å²) in [5, 5.41) is 10.1. The molecule has 1 aliphatic rings. The predicted molar refractivity (Wildman–Crippen MR) is 75.3 cm³/mol. The summed E-state index contributed by atoms with van der Waals surface area (Å²) < 4.78 is -0.617. The minimum atomic E-state index is -0.685. The fourth-order valence-electron chi connectivity index (χ4n) is 2.52. The van der Waals surface area contributed by atoms with Crippen LogP contribution < -0.4 is 0 Å². The first-order chi connectivity index (χ1) is 8.55. The lowest BCUT2D eigenvalue weighted by Gasteiger charge is -2.43. The molecule has 2 rings (SSSR count). The van der Waals surface area contributed by atoms with Gasteiger partial charge >= 0.3 is 5.97 Å². The molecule has 0 atom stereocenters. The van der Waals surface area contributed by atoms with E-state index in [-0.39, 0.29) is 0 Å². The van der Waals surface area contributed by atoms with Crippen LogP contribution in [0.3, 0.4) is 0 Å². The predicted octanol–water partition coefficient (Wildman–Crippen LogP) is 4.47. The second-order valence-electron chi connectivity index (χ2n) is 4.92. The van der Waals surface area contributed by atoms with Crippen molar-refractivity contribution in [2.45, 2.75) is 42.2 Å². The van der Waals surface area contributed by atoms with Gasteiger partial charge in [0, 0.05) is 9.92 Å². The van der Waals surface area contributed by atoms with Crippen LogP contribution in [0.25, 0.3) is 0 Å². The molecule has 1 saturated carbocycles. The molecular formula is C14H17ClO2S. The molecule has 0 aromatic heterocycles. The lowest BCUT2D eigenvalue weighted by Crippen LogP contribution is -2.47. The Bertz CT molecular complexity index is 424. The molecule has 0 aliphatic heterocycles. The molecule has 1 N–H and O–H groups in total. The summed E-state index contributed by atoms with van der Waals surface area (Å²) >= 11 is 7.30. The first kappa shape index (κ1) is 13.8. The number of hydrogen-bond acceptors (Lipinski definition) is 2. The van der Waals surface area contributed by atoms with Gasteiger partial charge in [0.05, 0.1) is 0 Å². The van der Waals surface area contributed by atoms with Crippen molar-refractivity contribution in [3.63, 3.8) is 0 Å². The van der Waals surface area contributed by atoms with E-state index in [2.05, 4.69) is 6.92 Å². The molecule has 1 aromatic carbocycles. The Hall–Kier alpha value is -0.670. The van der Waals surface area contributed by atoms with E-state index in [0.717, 1.165) is 30.6 Å². The summed E-state index contributed by atoms with van der Waals surface area (Å²) in [5.74, 6) is -0.110. The van der Waals surface area contributed by atoms with Gasteiger partial charge in [-0.1, -0.05) is 31.4 Å². The Morgan fingerprint density at radius 3 is 2.56 bits per heavy atom. The number of carbonyl (C=O) groups is 1. The zero-order valence-corrected chi connectivity index (χ0v) is 11.9. The number of rotatable bonds is 5. The molecule has 18 heavy (non-hydrogen) atoms. The summed E-state index contributed by atoms with van der Waals surface area (Å²) in [6.07, 6.45) is 3.83. The highest BCUT2D eigenvalue weighted by atomic mass is 35.5. The average molecular weight is 285 g/mol. The lowest BCUT2D eigenvalue weighted by atomic mass is 9.72. The fourth-order valence-corrected chi connectivity index (χ4v) is 4.09. The van der Waals surface area contributed by atoms with Gasteiger partial charge < -0.3 is 5.11 Å². The molecule has 0 saturated heterocycles. The molecule has 1 aliphatic carbocycles. The number of aliphatic carboxylic acids is 1. The van der Waals surface area contributed by atoms with Crippen LogP contribution in [0.4, 0.5) is 0 Å². The molecule has 0 bridgehead atoms. The molecule has 2 nitrogen and oxygen atoms in total. The molecule has 0 heterocycles. The highest BCUT2D eigenvalue weighted by Gasteiger charge is 2.50. The van der Waals surface area contributed by atoms with E-state index < -0.39 is 10.7 Å². The number of hydrogen-bond donors (Lipinski definition) is 1. The van der Waals surface area contributed by atoms with Crippen molar-refractivity contribution in [3.8, 4) is 0 Å². The van der Waals surface area contributed by atoms with Gasteiger partial charge in [0.2, 0.25) is 0 Å². The smallest absolute Gasteiger partial charge is 0.320 e. The largest absolute Gasteiger partial charge is 0.480 e. The van der Waals surface area contributed by atoms with E-state index in [0.29, 0.717) is 10.9 Å². The van der Waals surface area contributed by atoms with Gasteiger partial charge in [-0.2, -0.15) is 0 Å². The van der Waals surface area contributed by atoms with Gasteiger partial charge in [-0.15, -0.1) is 11.8 Å². The number of carboxylic acid groups (broad SMARTS) is 1. The highest BCUT2D eigenvalue weighted by Crippen LogP contribution is 2.52. The number of thioether (sulfide) groups is 1. The van der Waals surface area contributed by atoms with Gasteiger partial charge in [0.25, 0.3) is 0 Å². The van der Waals surface area contributed by atoms with Crippen LogP contribution in [0.5, 0.6) is 0 Å². The maximum absolute atomic E-state index is 11.5. The maximum atomic E-state index is 11.5. The average Bonchev–Trinajstić information content (AvgIpc) is 2.28. The van der Waals surface area contributed by atoms with Crippen LogP contribution in [-0.4, -0.2) is 15.8 Å². The zero-order valence-electron chi connectivity index (χ0n) is 10.4. The maximum Gasteiger partial charge on any atom is 0.320 e. The zero-order chi connectivity index (χ0) is 13.2. The highest BCUT2D eigenvalue weighted by molar-refractivity contribution is 8.01. The van der Waals surface area contributed by atoms with Crippen LogP contribution in [0.2, 0.25) is 5.02 Å². The second kappa shape index (κ2) is 5.54. The molecule has 1 fully saturated rings. The molecule has 0 amide bonds. The molecule has 1 aromatic rings. The molecular weight excluding hydrogens is 268 g/mol. The number of halogens is 1. The van der Waals surface area contributed by atoms with Crippen LogP contribution in [0.15, 0.2) is 29.2 Å². The van der Waals surface area contributed by atoms with Crippen molar-refractivity contribution in [2.75, 3.05) is 0 Å². The summed E-state index contributed by atoms with van der Waals surface area (Å²) in [6.45, 7) is 2.15. The van der Waals surface area contributed by atoms with Crippen molar-refractivity contribution >= 4 is 29.3 Å². The molecule has 98 valence electrons. The third-order valence-corrected chi connectivity index (χ3v) is 5.11. The Morgan fingerprint density at radius 1 is 1.44 bits per heavy atom. The molecule has 0 radical (unpaired) electrons. The van der Waals surface area contributed by atoms with E-state index in [1.807, 2.05) is 24.3 Å². The van der Waals surface area contributed by atoms with E-state index in [1.54, 1.807) is 0 Å². The van der Waals surface area contributed by atoms with Crippen molar-refractivity contribution in [3.05, 3.63) is 29.3 Å². The fraction of sp³-hybridized carbons (Fsp3) is 0.500. The van der Waals surface area contributed by atoms with Crippen molar-refractivity contribution < 1.29 is 9.90 Å². The topological polar surface area (TPSA) is 37.3 Å². The van der Waals surface area contributed by atoms with E-state index in [4.69, 9.17) is 11.6 Å². The quantitative estimate of drug-likeness (QED) is 0.867. The molecule has 4 heteroatoms. The summed E-state index contributed by atoms with van der Waals surface area (Å²) in [4.78, 5) is 12.5. The number of benzene rings is 1. The monoisotopic (exact) mass is 284 g/mol. The minimum Gasteiger partial charge on any atom is -0.480 e. The van der Waals surface area contributed by atoms with Crippen LogP contribution in [-0.2, 0) is 4.79 Å². The Morgan fingerprint density at radius 2 is 2.06 bits per heavy atom.